The van der Waals surface area contributed by atoms with Crippen LogP contribution in [-0.4, -0.2) is 12.1 Å². The minimum absolute atomic E-state index is 0.657. The third-order valence-electron chi connectivity index (χ3n) is 5.19. The van der Waals surface area contributed by atoms with Crippen LogP contribution < -0.4 is 5.32 Å². The van der Waals surface area contributed by atoms with Gasteiger partial charge in [0.2, 0.25) is 0 Å². The first-order chi connectivity index (χ1) is 9.20. The summed E-state index contributed by atoms with van der Waals surface area (Å²) in [5.74, 6) is 2.04. The quantitative estimate of drug-likeness (QED) is 0.837. The lowest BCUT2D eigenvalue weighted by atomic mass is 9.94. The Bertz CT molecular complexity index is 425. The zero-order valence-electron chi connectivity index (χ0n) is 12.4. The highest BCUT2D eigenvalue weighted by Crippen LogP contribution is 2.44. The molecule has 0 aromatic heterocycles. The van der Waals surface area contributed by atoms with Gasteiger partial charge in [0.15, 0.2) is 0 Å². The number of rotatable bonds is 5. The predicted octanol–water partition coefficient (Wildman–Crippen LogP) is 4.09. The van der Waals surface area contributed by atoms with Crippen LogP contribution in [0, 0.1) is 18.8 Å². The first-order valence-electron chi connectivity index (χ1n) is 8.02. The highest BCUT2D eigenvalue weighted by molar-refractivity contribution is 5.22. The molecule has 2 aliphatic rings. The van der Waals surface area contributed by atoms with E-state index < -0.39 is 0 Å². The van der Waals surface area contributed by atoms with Crippen LogP contribution in [0.3, 0.4) is 0 Å². The van der Waals surface area contributed by atoms with E-state index in [0.29, 0.717) is 6.04 Å². The fraction of sp³-hybridized carbons (Fsp3) is 0.667. The van der Waals surface area contributed by atoms with Crippen molar-refractivity contribution in [1.29, 1.82) is 0 Å². The summed E-state index contributed by atoms with van der Waals surface area (Å²) in [6.45, 7) is 4.54. The van der Waals surface area contributed by atoms with E-state index >= 15 is 0 Å². The first-order valence-corrected chi connectivity index (χ1v) is 8.02. The molecule has 1 aromatic rings. The summed E-state index contributed by atoms with van der Waals surface area (Å²) in [6, 6.07) is 10.4. The van der Waals surface area contributed by atoms with Crippen LogP contribution in [-0.2, 0) is 6.42 Å². The van der Waals surface area contributed by atoms with Gasteiger partial charge in [-0.05, 0) is 63.4 Å². The van der Waals surface area contributed by atoms with Gasteiger partial charge in [-0.2, -0.15) is 0 Å². The lowest BCUT2D eigenvalue weighted by Gasteiger charge is -2.27. The van der Waals surface area contributed by atoms with Gasteiger partial charge >= 0.3 is 0 Å². The van der Waals surface area contributed by atoms with Gasteiger partial charge in [0.05, 0.1) is 0 Å². The van der Waals surface area contributed by atoms with E-state index in [1.54, 1.807) is 0 Å². The van der Waals surface area contributed by atoms with Gasteiger partial charge in [0.25, 0.3) is 0 Å². The second kappa shape index (κ2) is 5.66. The van der Waals surface area contributed by atoms with Crippen molar-refractivity contribution in [3.05, 3.63) is 35.4 Å². The van der Waals surface area contributed by atoms with Gasteiger partial charge in [-0.3, -0.25) is 0 Å². The number of benzene rings is 1. The molecule has 4 atom stereocenters. The molecule has 0 heterocycles. The smallest absolute Gasteiger partial charge is 0.0100 e. The Balaban J connectivity index is 1.45. The van der Waals surface area contributed by atoms with Crippen LogP contribution >= 0.6 is 0 Å². The van der Waals surface area contributed by atoms with E-state index in [1.807, 2.05) is 0 Å². The Morgan fingerprint density at radius 2 is 2.16 bits per heavy atom. The van der Waals surface area contributed by atoms with Gasteiger partial charge in [0, 0.05) is 12.1 Å². The average Bonchev–Trinajstić information content (AvgIpc) is 2.99. The van der Waals surface area contributed by atoms with Crippen molar-refractivity contribution >= 4 is 0 Å². The number of nitrogens with one attached hydrogen (secondary N) is 1. The molecule has 104 valence electrons. The maximum absolute atomic E-state index is 3.90. The number of hydrogen-bond donors (Lipinski definition) is 1. The molecule has 3 rings (SSSR count). The standard InChI is InChI=1S/C18H27N/c1-13-4-3-5-15(10-13)7-6-14(2)19-18-12-16-8-9-17(18)11-16/h3-5,10,14,16-19H,6-9,11-12H2,1-2H3. The Morgan fingerprint density at radius 3 is 2.84 bits per heavy atom. The molecule has 19 heavy (non-hydrogen) atoms. The minimum Gasteiger partial charge on any atom is -0.311 e. The normalized spacial score (nSPS) is 30.7. The summed E-state index contributed by atoms with van der Waals surface area (Å²) in [4.78, 5) is 0. The zero-order chi connectivity index (χ0) is 13.2. The Kier molecular flexibility index (Phi) is 3.93. The van der Waals surface area contributed by atoms with Gasteiger partial charge in [-0.1, -0.05) is 36.2 Å². The lowest BCUT2D eigenvalue weighted by Crippen LogP contribution is -2.40. The van der Waals surface area contributed by atoms with Crippen molar-refractivity contribution in [2.24, 2.45) is 11.8 Å². The van der Waals surface area contributed by atoms with E-state index in [2.05, 4.69) is 43.4 Å². The highest BCUT2D eigenvalue weighted by Gasteiger charge is 2.39. The van der Waals surface area contributed by atoms with E-state index in [-0.39, 0.29) is 0 Å². The molecule has 0 amide bonds. The summed E-state index contributed by atoms with van der Waals surface area (Å²) in [6.07, 6.45) is 8.39. The van der Waals surface area contributed by atoms with Gasteiger partial charge in [0.1, 0.15) is 0 Å². The van der Waals surface area contributed by atoms with Gasteiger partial charge in [-0.25, -0.2) is 0 Å². The molecule has 1 N–H and O–H groups in total. The van der Waals surface area contributed by atoms with Crippen molar-refractivity contribution in [3.63, 3.8) is 0 Å². The second-order valence-corrected chi connectivity index (χ2v) is 6.88. The van der Waals surface area contributed by atoms with Crippen molar-refractivity contribution < 1.29 is 0 Å². The predicted molar refractivity (Wildman–Crippen MR) is 81.3 cm³/mol. The zero-order valence-corrected chi connectivity index (χ0v) is 12.4. The van der Waals surface area contributed by atoms with Gasteiger partial charge in [-0.15, -0.1) is 0 Å². The SMILES string of the molecule is Cc1cccc(CCC(C)NC2CC3CCC2C3)c1. The van der Waals surface area contributed by atoms with Gasteiger partial charge < -0.3 is 5.32 Å². The second-order valence-electron chi connectivity index (χ2n) is 6.88. The van der Waals surface area contributed by atoms with Crippen LogP contribution in [0.1, 0.15) is 50.2 Å². The Labute approximate surface area is 117 Å². The number of fused-ring (bicyclic) bond motifs is 2. The Hall–Kier alpha value is -0.820. The van der Waals surface area contributed by atoms with Crippen molar-refractivity contribution in [2.75, 3.05) is 0 Å². The lowest BCUT2D eigenvalue weighted by molar-refractivity contribution is 0.318. The molecule has 0 aliphatic heterocycles. The highest BCUT2D eigenvalue weighted by atomic mass is 15.0. The molecule has 1 nitrogen and oxygen atoms in total. The molecule has 1 aromatic carbocycles. The third kappa shape index (κ3) is 3.20. The number of aryl methyl sites for hydroxylation is 2. The summed E-state index contributed by atoms with van der Waals surface area (Å²) >= 11 is 0. The van der Waals surface area contributed by atoms with Crippen LogP contribution in [0.25, 0.3) is 0 Å². The first kappa shape index (κ1) is 13.2. The maximum Gasteiger partial charge on any atom is 0.0100 e. The average molecular weight is 257 g/mol. The van der Waals surface area contributed by atoms with Crippen LogP contribution in [0.5, 0.6) is 0 Å². The van der Waals surface area contributed by atoms with Crippen LogP contribution in [0.2, 0.25) is 0 Å². The van der Waals surface area contributed by atoms with E-state index in [4.69, 9.17) is 0 Å². The molecule has 0 spiro atoms. The van der Waals surface area contributed by atoms with Crippen molar-refractivity contribution in [1.82, 2.24) is 5.32 Å². The molecule has 2 saturated carbocycles. The van der Waals surface area contributed by atoms with Crippen molar-refractivity contribution in [3.8, 4) is 0 Å². The topological polar surface area (TPSA) is 12.0 Å². The maximum atomic E-state index is 3.90. The van der Waals surface area contributed by atoms with E-state index in [1.165, 1.54) is 49.7 Å². The molecule has 0 radical (unpaired) electrons. The summed E-state index contributed by atoms with van der Waals surface area (Å²) < 4.78 is 0. The van der Waals surface area contributed by atoms with E-state index in [0.717, 1.165) is 17.9 Å². The number of hydrogen-bond acceptors (Lipinski definition) is 1. The molecule has 2 fully saturated rings. The summed E-state index contributed by atoms with van der Waals surface area (Å²) in [7, 11) is 0. The monoisotopic (exact) mass is 257 g/mol. The van der Waals surface area contributed by atoms with Crippen LogP contribution in [0.15, 0.2) is 24.3 Å². The third-order valence-corrected chi connectivity index (χ3v) is 5.19. The van der Waals surface area contributed by atoms with E-state index in [9.17, 15) is 0 Å². The molecule has 2 aliphatic carbocycles. The minimum atomic E-state index is 0.657. The fourth-order valence-electron chi connectivity index (χ4n) is 4.15. The summed E-state index contributed by atoms with van der Waals surface area (Å²) in [5, 5.41) is 3.90. The molecule has 4 unspecified atom stereocenters. The largest absolute Gasteiger partial charge is 0.311 e. The molecule has 1 heteroatoms. The molecule has 0 saturated heterocycles. The molecular formula is C18H27N. The molecule has 2 bridgehead atoms. The summed E-state index contributed by atoms with van der Waals surface area (Å²) in [5.41, 5.74) is 2.87. The van der Waals surface area contributed by atoms with Crippen molar-refractivity contribution in [2.45, 2.75) is 64.5 Å². The fourth-order valence-corrected chi connectivity index (χ4v) is 4.15. The van der Waals surface area contributed by atoms with Crippen LogP contribution in [0.4, 0.5) is 0 Å². The molecular weight excluding hydrogens is 230 g/mol. The Morgan fingerprint density at radius 1 is 1.26 bits per heavy atom.